The number of hydrogen-bond donors (Lipinski definition) is 0. The predicted molar refractivity (Wildman–Crippen MR) is 141 cm³/mol. The summed E-state index contributed by atoms with van der Waals surface area (Å²) in [4.78, 5) is 0. The van der Waals surface area contributed by atoms with E-state index < -0.39 is 36.1 Å². The Morgan fingerprint density at radius 2 is 1.42 bits per heavy atom. The van der Waals surface area contributed by atoms with E-state index in [4.69, 9.17) is 4.43 Å². The predicted octanol–water partition coefficient (Wildman–Crippen LogP) is 5.22. The van der Waals surface area contributed by atoms with Crippen LogP contribution >= 0.6 is 0 Å². The Morgan fingerprint density at radius 3 is 1.79 bits per heavy atom. The van der Waals surface area contributed by atoms with Crippen LogP contribution in [-0.4, -0.2) is 47.3 Å². The van der Waals surface area contributed by atoms with Gasteiger partial charge in [-0.1, -0.05) is 81.4 Å². The average Bonchev–Trinajstić information content (AvgIpc) is 3.50. The van der Waals surface area contributed by atoms with Crippen LogP contribution in [0.15, 0.2) is 60.7 Å². The molecule has 2 atom stereocenters. The van der Waals surface area contributed by atoms with E-state index in [0.29, 0.717) is 25.9 Å². The maximum absolute atomic E-state index is 15.4. The lowest BCUT2D eigenvalue weighted by Gasteiger charge is -2.43. The lowest BCUT2D eigenvalue weighted by molar-refractivity contribution is 0.141. The van der Waals surface area contributed by atoms with Gasteiger partial charge in [0.15, 0.2) is 0 Å². The molecule has 0 heterocycles. The standard InChI is InChI=1S/C27H40FNO2SSi/c1-25(2,3)32(30)29(7)24(27(28)19-20-27)18-21-31-33(26(4,5)6,22-14-10-8-11-15-22)23-16-12-9-13-17-23/h8-17,24H,18-21H2,1-7H3. The lowest BCUT2D eigenvalue weighted by atomic mass is 10.1. The number of nitrogens with zero attached hydrogens (tertiary/aromatic N) is 1. The Hall–Kier alpha value is -1.18. The van der Waals surface area contributed by atoms with Crippen LogP contribution in [0.2, 0.25) is 5.04 Å². The molecule has 1 fully saturated rings. The molecule has 0 saturated heterocycles. The second kappa shape index (κ2) is 9.82. The normalized spacial score (nSPS) is 18.2. The molecule has 33 heavy (non-hydrogen) atoms. The van der Waals surface area contributed by atoms with Crippen molar-refractivity contribution in [3.05, 3.63) is 60.7 Å². The molecule has 3 rings (SSSR count). The average molecular weight is 490 g/mol. The molecule has 1 aliphatic carbocycles. The third kappa shape index (κ3) is 5.56. The number of hydrogen-bond acceptors (Lipinski definition) is 3. The van der Waals surface area contributed by atoms with Gasteiger partial charge >= 0.3 is 0 Å². The molecule has 0 aliphatic heterocycles. The number of halogens is 1. The van der Waals surface area contributed by atoms with Gasteiger partial charge in [0, 0.05) is 25.0 Å². The Kier molecular flexibility index (Phi) is 7.86. The van der Waals surface area contributed by atoms with Crippen LogP contribution in [0, 0.1) is 0 Å². The van der Waals surface area contributed by atoms with Gasteiger partial charge in [0.1, 0.15) is 10.4 Å². The van der Waals surface area contributed by atoms with Crippen LogP contribution in [0.1, 0.15) is 60.8 Å². The zero-order valence-electron chi connectivity index (χ0n) is 21.2. The summed E-state index contributed by atoms with van der Waals surface area (Å²) in [5, 5.41) is 2.31. The monoisotopic (exact) mass is 489 g/mol. The van der Waals surface area contributed by atoms with E-state index in [1.165, 1.54) is 10.4 Å². The molecule has 1 saturated carbocycles. The van der Waals surface area contributed by atoms with Crippen molar-refractivity contribution in [1.29, 1.82) is 0 Å². The van der Waals surface area contributed by atoms with E-state index in [0.717, 1.165) is 0 Å². The van der Waals surface area contributed by atoms with Gasteiger partial charge in [-0.05, 0) is 55.4 Å². The van der Waals surface area contributed by atoms with Gasteiger partial charge < -0.3 is 8.98 Å². The molecule has 0 amide bonds. The first-order chi connectivity index (χ1) is 15.3. The number of rotatable bonds is 9. The van der Waals surface area contributed by atoms with Crippen molar-refractivity contribution in [1.82, 2.24) is 4.31 Å². The second-order valence-corrected chi connectivity index (χ2v) is 17.9. The van der Waals surface area contributed by atoms with Gasteiger partial charge in [-0.15, -0.1) is 4.31 Å². The fourth-order valence-electron chi connectivity index (χ4n) is 4.85. The summed E-state index contributed by atoms with van der Waals surface area (Å²) in [6.45, 7) is 13.0. The Balaban J connectivity index is 1.92. The molecule has 2 unspecified atom stereocenters. The Labute approximate surface area is 204 Å². The first-order valence-electron chi connectivity index (χ1n) is 11.9. The molecule has 6 heteroatoms. The van der Waals surface area contributed by atoms with Gasteiger partial charge in [-0.25, -0.2) is 4.39 Å². The van der Waals surface area contributed by atoms with Crippen LogP contribution in [-0.2, 0) is 15.8 Å². The molecule has 1 aliphatic rings. The summed E-state index contributed by atoms with van der Waals surface area (Å²) in [6.07, 6.45) is 1.57. The Bertz CT molecular complexity index is 854. The van der Waals surface area contributed by atoms with Crippen molar-refractivity contribution in [2.75, 3.05) is 13.7 Å². The summed E-state index contributed by atoms with van der Waals surface area (Å²) in [5.74, 6) is 0. The van der Waals surface area contributed by atoms with Gasteiger partial charge in [0.05, 0.1) is 6.04 Å². The van der Waals surface area contributed by atoms with E-state index in [1.807, 2.05) is 32.9 Å². The van der Waals surface area contributed by atoms with Crippen molar-refractivity contribution in [2.45, 2.75) is 82.3 Å². The molecule has 2 aromatic carbocycles. The van der Waals surface area contributed by atoms with E-state index in [9.17, 15) is 4.55 Å². The van der Waals surface area contributed by atoms with Crippen molar-refractivity contribution in [2.24, 2.45) is 0 Å². The maximum Gasteiger partial charge on any atom is 0.261 e. The van der Waals surface area contributed by atoms with E-state index in [1.54, 1.807) is 11.4 Å². The highest BCUT2D eigenvalue weighted by Crippen LogP contribution is 2.47. The third-order valence-corrected chi connectivity index (χ3v) is 13.5. The van der Waals surface area contributed by atoms with Crippen molar-refractivity contribution >= 4 is 30.1 Å². The second-order valence-electron chi connectivity index (χ2n) is 11.3. The van der Waals surface area contributed by atoms with E-state index in [2.05, 4.69) is 69.3 Å². The maximum atomic E-state index is 15.4. The van der Waals surface area contributed by atoms with E-state index in [-0.39, 0.29) is 5.04 Å². The number of alkyl halides is 1. The zero-order valence-corrected chi connectivity index (χ0v) is 23.0. The van der Waals surface area contributed by atoms with Crippen LogP contribution in [0.3, 0.4) is 0 Å². The highest BCUT2D eigenvalue weighted by atomic mass is 32.2. The van der Waals surface area contributed by atoms with Crippen molar-refractivity contribution in [3.8, 4) is 0 Å². The molecule has 182 valence electrons. The van der Waals surface area contributed by atoms with Gasteiger partial charge in [-0.2, -0.15) is 0 Å². The molecular formula is C27H40FNO2SSi. The highest BCUT2D eigenvalue weighted by molar-refractivity contribution is 7.90. The highest BCUT2D eigenvalue weighted by Gasteiger charge is 2.56. The molecule has 2 aromatic rings. The summed E-state index contributed by atoms with van der Waals surface area (Å²) in [6, 6.07) is 20.6. The summed E-state index contributed by atoms with van der Waals surface area (Å²) in [7, 11) is -0.870. The molecular weight excluding hydrogens is 449 g/mol. The zero-order chi connectivity index (χ0) is 24.5. The first kappa shape index (κ1) is 26.4. The fraction of sp³-hybridized carbons (Fsp3) is 0.556. The van der Waals surface area contributed by atoms with Crippen LogP contribution in [0.25, 0.3) is 0 Å². The third-order valence-electron chi connectivity index (χ3n) is 6.68. The van der Waals surface area contributed by atoms with Gasteiger partial charge in [0.25, 0.3) is 8.32 Å². The Morgan fingerprint density at radius 1 is 0.970 bits per heavy atom. The van der Waals surface area contributed by atoms with Crippen LogP contribution < -0.4 is 10.4 Å². The molecule has 0 N–H and O–H groups in total. The minimum Gasteiger partial charge on any atom is -0.597 e. The minimum absolute atomic E-state index is 0.127. The molecule has 0 aromatic heterocycles. The largest absolute Gasteiger partial charge is 0.597 e. The fourth-order valence-corrected chi connectivity index (χ4v) is 10.8. The van der Waals surface area contributed by atoms with E-state index >= 15 is 4.39 Å². The van der Waals surface area contributed by atoms with Crippen LogP contribution in [0.4, 0.5) is 4.39 Å². The summed E-state index contributed by atoms with van der Waals surface area (Å²) >= 11 is -1.28. The van der Waals surface area contributed by atoms with Gasteiger partial charge in [0.2, 0.25) is 0 Å². The first-order valence-corrected chi connectivity index (χ1v) is 14.9. The van der Waals surface area contributed by atoms with Crippen molar-refractivity contribution in [3.63, 3.8) is 0 Å². The summed E-state index contributed by atoms with van der Waals surface area (Å²) < 4.78 is 36.8. The van der Waals surface area contributed by atoms with Crippen LogP contribution in [0.5, 0.6) is 0 Å². The molecule has 3 nitrogen and oxygen atoms in total. The summed E-state index contributed by atoms with van der Waals surface area (Å²) in [5.41, 5.74) is -1.27. The molecule has 0 radical (unpaired) electrons. The topological polar surface area (TPSA) is 35.5 Å². The smallest absolute Gasteiger partial charge is 0.261 e. The molecule has 0 spiro atoms. The lowest BCUT2D eigenvalue weighted by Crippen LogP contribution is -2.66. The molecule has 0 bridgehead atoms. The number of benzene rings is 2. The van der Waals surface area contributed by atoms with Crippen molar-refractivity contribution < 1.29 is 13.4 Å². The van der Waals surface area contributed by atoms with Gasteiger partial charge in [-0.3, -0.25) is 0 Å². The minimum atomic E-state index is -2.67. The SMILES string of the molecule is CN(C(CCO[Si](c1ccccc1)(c1ccccc1)C(C)(C)C)C1(F)CC1)[S+]([O-])C(C)(C)C. The quantitative estimate of drug-likeness (QED) is 0.358.